The number of hydrogen-bond acceptors (Lipinski definition) is 5. The van der Waals surface area contributed by atoms with E-state index in [0.717, 1.165) is 12.3 Å². The smallest absolute Gasteiger partial charge is 0.377 e. The van der Waals surface area contributed by atoms with E-state index in [2.05, 4.69) is 20.2 Å². The normalized spacial score (nSPS) is 19.5. The van der Waals surface area contributed by atoms with Crippen LogP contribution in [0.1, 0.15) is 17.4 Å². The van der Waals surface area contributed by atoms with Crippen molar-refractivity contribution < 1.29 is 17.9 Å². The van der Waals surface area contributed by atoms with Crippen LogP contribution < -0.4 is 4.90 Å². The molecule has 0 aromatic carbocycles. The highest BCUT2D eigenvalue weighted by molar-refractivity contribution is 6.33. The van der Waals surface area contributed by atoms with Crippen LogP contribution in [0.4, 0.5) is 19.0 Å². The zero-order chi connectivity index (χ0) is 15.7. The third-order valence-corrected chi connectivity index (χ3v) is 3.58. The monoisotopic (exact) mass is 333 g/mol. The van der Waals surface area contributed by atoms with Crippen molar-refractivity contribution >= 4 is 17.4 Å². The topological polar surface area (TPSA) is 66.9 Å². The molecule has 0 aliphatic carbocycles. The fourth-order valence-corrected chi connectivity index (χ4v) is 2.53. The van der Waals surface area contributed by atoms with E-state index in [-0.39, 0.29) is 16.9 Å². The molecule has 1 aliphatic rings. The molecule has 0 spiro atoms. The largest absolute Gasteiger partial charge is 0.417 e. The van der Waals surface area contributed by atoms with E-state index < -0.39 is 11.7 Å². The molecule has 10 heteroatoms. The first kappa shape index (κ1) is 15.0. The average molecular weight is 334 g/mol. The van der Waals surface area contributed by atoms with Crippen LogP contribution in [0.5, 0.6) is 0 Å². The lowest BCUT2D eigenvalue weighted by atomic mass is 10.2. The second kappa shape index (κ2) is 5.73. The summed E-state index contributed by atoms with van der Waals surface area (Å²) in [7, 11) is 0. The van der Waals surface area contributed by atoms with E-state index in [1.807, 2.05) is 0 Å². The first-order valence-corrected chi connectivity index (χ1v) is 6.77. The van der Waals surface area contributed by atoms with Gasteiger partial charge in [-0.15, -0.1) is 0 Å². The number of morpholine rings is 1. The second-order valence-electron chi connectivity index (χ2n) is 4.68. The molecule has 2 aromatic heterocycles. The van der Waals surface area contributed by atoms with Gasteiger partial charge in [0.2, 0.25) is 0 Å². The number of pyridine rings is 1. The van der Waals surface area contributed by atoms with Gasteiger partial charge in [0, 0.05) is 12.7 Å². The molecule has 2 aromatic rings. The van der Waals surface area contributed by atoms with Crippen molar-refractivity contribution in [2.75, 3.05) is 24.7 Å². The van der Waals surface area contributed by atoms with Crippen LogP contribution in [0, 0.1) is 0 Å². The number of ether oxygens (including phenoxy) is 1. The molecule has 3 heterocycles. The molecule has 0 saturated carbocycles. The number of nitrogens with zero attached hydrogens (tertiary/aromatic N) is 4. The molecule has 1 N–H and O–H groups in total. The zero-order valence-electron chi connectivity index (χ0n) is 11.1. The van der Waals surface area contributed by atoms with E-state index in [0.29, 0.717) is 25.6 Å². The molecule has 0 bridgehead atoms. The maximum atomic E-state index is 12.7. The Bertz CT molecular complexity index is 649. The lowest BCUT2D eigenvalue weighted by Gasteiger charge is -2.35. The van der Waals surface area contributed by atoms with Crippen molar-refractivity contribution in [3.8, 4) is 0 Å². The van der Waals surface area contributed by atoms with Crippen molar-refractivity contribution in [2.24, 2.45) is 0 Å². The van der Waals surface area contributed by atoms with E-state index in [9.17, 15) is 13.2 Å². The maximum Gasteiger partial charge on any atom is 0.417 e. The van der Waals surface area contributed by atoms with Crippen LogP contribution in [0.2, 0.25) is 5.02 Å². The molecule has 1 fully saturated rings. The predicted octanol–water partition coefficient (Wildman–Crippen LogP) is 2.45. The van der Waals surface area contributed by atoms with Crippen LogP contribution in [-0.4, -0.2) is 39.9 Å². The number of aromatic nitrogens is 4. The Morgan fingerprint density at radius 1 is 1.36 bits per heavy atom. The number of rotatable bonds is 2. The van der Waals surface area contributed by atoms with Gasteiger partial charge in [-0.2, -0.15) is 18.3 Å². The molecule has 1 unspecified atom stereocenters. The maximum absolute atomic E-state index is 12.7. The van der Waals surface area contributed by atoms with Gasteiger partial charge in [0.1, 0.15) is 24.0 Å². The Morgan fingerprint density at radius 3 is 2.82 bits per heavy atom. The first-order chi connectivity index (χ1) is 10.5. The number of halogens is 4. The fraction of sp³-hybridized carbons (Fsp3) is 0.417. The molecular weight excluding hydrogens is 323 g/mol. The third-order valence-electron chi connectivity index (χ3n) is 3.30. The molecule has 118 valence electrons. The molecule has 22 heavy (non-hydrogen) atoms. The van der Waals surface area contributed by atoms with Crippen molar-refractivity contribution in [3.63, 3.8) is 0 Å². The highest BCUT2D eigenvalue weighted by Gasteiger charge is 2.34. The quantitative estimate of drug-likeness (QED) is 0.914. The molecular formula is C12H11ClF3N5O. The van der Waals surface area contributed by atoms with Crippen molar-refractivity contribution in [3.05, 3.63) is 35.0 Å². The van der Waals surface area contributed by atoms with Crippen molar-refractivity contribution in [1.82, 2.24) is 20.2 Å². The van der Waals surface area contributed by atoms with E-state index in [1.165, 1.54) is 6.33 Å². The Labute approximate surface area is 128 Å². The molecule has 0 radical (unpaired) electrons. The van der Waals surface area contributed by atoms with Crippen LogP contribution >= 0.6 is 11.6 Å². The van der Waals surface area contributed by atoms with E-state index in [4.69, 9.17) is 16.3 Å². The Morgan fingerprint density at radius 2 is 2.18 bits per heavy atom. The fourth-order valence-electron chi connectivity index (χ4n) is 2.26. The highest BCUT2D eigenvalue weighted by atomic mass is 35.5. The molecule has 3 rings (SSSR count). The number of nitrogens with one attached hydrogen (secondary N) is 1. The summed E-state index contributed by atoms with van der Waals surface area (Å²) in [6, 6.07) is 0.537. The number of alkyl halides is 3. The van der Waals surface area contributed by atoms with Gasteiger partial charge in [0.15, 0.2) is 0 Å². The summed E-state index contributed by atoms with van der Waals surface area (Å²) >= 11 is 6.00. The minimum absolute atomic E-state index is 0.0683. The van der Waals surface area contributed by atoms with Gasteiger partial charge in [-0.25, -0.2) is 9.97 Å². The standard InChI is InChI=1S/C12H11ClF3N5O/c13-8-3-7(12(14,15)16)4-17-11(8)21-1-2-22-5-9(21)10-18-6-19-20-10/h3-4,6,9H,1-2,5H2,(H,18,19,20). The van der Waals surface area contributed by atoms with Crippen LogP contribution in [-0.2, 0) is 10.9 Å². The van der Waals surface area contributed by atoms with Crippen molar-refractivity contribution in [2.45, 2.75) is 12.2 Å². The number of H-pyrrole nitrogens is 1. The van der Waals surface area contributed by atoms with E-state index in [1.54, 1.807) is 4.90 Å². The Kier molecular flexibility index (Phi) is 3.92. The number of aromatic amines is 1. The summed E-state index contributed by atoms with van der Waals surface area (Å²) in [5, 5.41) is 6.43. The average Bonchev–Trinajstić information content (AvgIpc) is 3.00. The molecule has 1 saturated heterocycles. The lowest BCUT2D eigenvalue weighted by molar-refractivity contribution is -0.137. The predicted molar refractivity (Wildman–Crippen MR) is 71.5 cm³/mol. The molecule has 6 nitrogen and oxygen atoms in total. The summed E-state index contributed by atoms with van der Waals surface area (Å²) < 4.78 is 43.5. The lowest BCUT2D eigenvalue weighted by Crippen LogP contribution is -2.40. The third kappa shape index (κ3) is 2.86. The van der Waals surface area contributed by atoms with Gasteiger partial charge in [-0.05, 0) is 6.07 Å². The van der Waals surface area contributed by atoms with Crippen LogP contribution in [0.15, 0.2) is 18.6 Å². The number of anilines is 1. The highest BCUT2D eigenvalue weighted by Crippen LogP contribution is 2.36. The summed E-state index contributed by atoms with van der Waals surface area (Å²) in [6.45, 7) is 1.17. The van der Waals surface area contributed by atoms with Gasteiger partial charge in [0.25, 0.3) is 0 Å². The minimum atomic E-state index is -4.48. The summed E-state index contributed by atoms with van der Waals surface area (Å²) in [5.41, 5.74) is -0.884. The summed E-state index contributed by atoms with van der Waals surface area (Å²) in [4.78, 5) is 9.70. The van der Waals surface area contributed by atoms with Crippen LogP contribution in [0.25, 0.3) is 0 Å². The number of hydrogen-bond donors (Lipinski definition) is 1. The molecule has 1 atom stereocenters. The van der Waals surface area contributed by atoms with Gasteiger partial charge in [0.05, 0.1) is 23.8 Å². The Balaban J connectivity index is 1.94. The van der Waals surface area contributed by atoms with Crippen molar-refractivity contribution in [1.29, 1.82) is 0 Å². The zero-order valence-corrected chi connectivity index (χ0v) is 11.9. The summed E-state index contributed by atoms with van der Waals surface area (Å²) in [6.07, 6.45) is -2.36. The SMILES string of the molecule is FC(F)(F)c1cnc(N2CCOCC2c2ncn[nH]2)c(Cl)c1. The van der Waals surface area contributed by atoms with Gasteiger partial charge >= 0.3 is 6.18 Å². The van der Waals surface area contributed by atoms with Crippen LogP contribution in [0.3, 0.4) is 0 Å². The molecule has 1 aliphatic heterocycles. The van der Waals surface area contributed by atoms with Gasteiger partial charge < -0.3 is 9.64 Å². The first-order valence-electron chi connectivity index (χ1n) is 6.39. The second-order valence-corrected chi connectivity index (χ2v) is 5.09. The van der Waals surface area contributed by atoms with Gasteiger partial charge in [-0.3, -0.25) is 5.10 Å². The molecule has 0 amide bonds. The summed E-state index contributed by atoms with van der Waals surface area (Å²) in [5.74, 6) is 0.803. The minimum Gasteiger partial charge on any atom is -0.377 e. The van der Waals surface area contributed by atoms with E-state index >= 15 is 0 Å². The van der Waals surface area contributed by atoms with Gasteiger partial charge in [-0.1, -0.05) is 11.6 Å². The Hall–Kier alpha value is -1.87.